The molecule has 0 rings (SSSR count). The van der Waals surface area contributed by atoms with Gasteiger partial charge in [-0.25, -0.2) is 0 Å². The van der Waals surface area contributed by atoms with Crippen molar-refractivity contribution in [3.8, 4) is 0 Å². The van der Waals surface area contributed by atoms with Crippen LogP contribution >= 0.6 is 0 Å². The first-order chi connectivity index (χ1) is 5.45. The van der Waals surface area contributed by atoms with Gasteiger partial charge in [-0.05, 0) is 13.8 Å². The van der Waals surface area contributed by atoms with Crippen LogP contribution in [0, 0.1) is 0 Å². The lowest BCUT2D eigenvalue weighted by molar-refractivity contribution is -0.149. The summed E-state index contributed by atoms with van der Waals surface area (Å²) in [6, 6.07) is 0. The molecule has 4 nitrogen and oxygen atoms in total. The van der Waals surface area contributed by atoms with E-state index in [4.69, 9.17) is 10.5 Å². The number of carbonyl (C=O) groups excluding carboxylic acids is 1. The summed E-state index contributed by atoms with van der Waals surface area (Å²) in [5.74, 6) is -0.0459. The van der Waals surface area contributed by atoms with Gasteiger partial charge in [-0.15, -0.1) is 0 Å². The molecule has 0 bridgehead atoms. The van der Waals surface area contributed by atoms with Gasteiger partial charge in [-0.2, -0.15) is 0 Å². The molecule has 0 atom stereocenters. The molecule has 0 aliphatic carbocycles. The molecule has 0 aromatic heterocycles. The number of hydrogen-bond acceptors (Lipinski definition) is 3. The SMILES string of the molecule is COC(C)(C)C(=O)N(C)CCN. The summed E-state index contributed by atoms with van der Waals surface area (Å²) in [6.45, 7) is 4.51. The number of likely N-dealkylation sites (N-methyl/N-ethyl adjacent to an activating group) is 1. The number of methoxy groups -OCH3 is 1. The van der Waals surface area contributed by atoms with Crippen LogP contribution in [0.4, 0.5) is 0 Å². The van der Waals surface area contributed by atoms with Crippen molar-refractivity contribution in [2.45, 2.75) is 19.4 Å². The van der Waals surface area contributed by atoms with Crippen LogP contribution in [0.15, 0.2) is 0 Å². The van der Waals surface area contributed by atoms with E-state index >= 15 is 0 Å². The maximum absolute atomic E-state index is 11.5. The van der Waals surface area contributed by atoms with E-state index in [2.05, 4.69) is 0 Å². The molecule has 0 aliphatic rings. The molecule has 2 N–H and O–H groups in total. The summed E-state index contributed by atoms with van der Waals surface area (Å²) < 4.78 is 5.03. The smallest absolute Gasteiger partial charge is 0.254 e. The summed E-state index contributed by atoms with van der Waals surface area (Å²) in [5, 5.41) is 0. The third-order valence-electron chi connectivity index (χ3n) is 1.84. The Morgan fingerprint density at radius 2 is 2.08 bits per heavy atom. The van der Waals surface area contributed by atoms with E-state index < -0.39 is 5.60 Å². The predicted octanol–water partition coefficient (Wildman–Crippen LogP) is -0.171. The molecule has 0 aromatic carbocycles. The highest BCUT2D eigenvalue weighted by Gasteiger charge is 2.29. The minimum atomic E-state index is -0.746. The Labute approximate surface area is 73.7 Å². The molecule has 0 saturated carbocycles. The molecule has 0 saturated heterocycles. The van der Waals surface area contributed by atoms with Crippen LogP contribution < -0.4 is 5.73 Å². The number of amides is 1. The standard InChI is InChI=1S/C8H18N2O2/c1-8(2,12-4)7(11)10(3)6-5-9/h5-6,9H2,1-4H3. The largest absolute Gasteiger partial charge is 0.369 e. The summed E-state index contributed by atoms with van der Waals surface area (Å²) in [4.78, 5) is 13.1. The fraction of sp³-hybridized carbons (Fsp3) is 0.875. The van der Waals surface area contributed by atoms with Crippen molar-refractivity contribution in [3.63, 3.8) is 0 Å². The summed E-state index contributed by atoms with van der Waals surface area (Å²) >= 11 is 0. The molecule has 0 spiro atoms. The maximum atomic E-state index is 11.5. The van der Waals surface area contributed by atoms with Crippen molar-refractivity contribution in [2.75, 3.05) is 27.2 Å². The number of ether oxygens (including phenoxy) is 1. The Hall–Kier alpha value is -0.610. The second-order valence-corrected chi connectivity index (χ2v) is 3.23. The number of nitrogens with zero attached hydrogens (tertiary/aromatic N) is 1. The molecule has 0 heterocycles. The highest BCUT2D eigenvalue weighted by Crippen LogP contribution is 2.10. The van der Waals surface area contributed by atoms with Gasteiger partial charge in [0.2, 0.25) is 0 Å². The van der Waals surface area contributed by atoms with Crippen molar-refractivity contribution in [3.05, 3.63) is 0 Å². The highest BCUT2D eigenvalue weighted by molar-refractivity contribution is 5.84. The normalized spacial score (nSPS) is 11.4. The van der Waals surface area contributed by atoms with Gasteiger partial charge in [-0.1, -0.05) is 0 Å². The topological polar surface area (TPSA) is 55.6 Å². The van der Waals surface area contributed by atoms with Gasteiger partial charge in [0.15, 0.2) is 0 Å². The van der Waals surface area contributed by atoms with E-state index in [0.29, 0.717) is 13.1 Å². The zero-order chi connectivity index (χ0) is 9.78. The Bertz CT molecular complexity index is 157. The predicted molar refractivity (Wildman–Crippen MR) is 47.8 cm³/mol. The van der Waals surface area contributed by atoms with Crippen molar-refractivity contribution in [2.24, 2.45) is 5.73 Å². The summed E-state index contributed by atoms with van der Waals surface area (Å²) in [6.07, 6.45) is 0. The van der Waals surface area contributed by atoms with Crippen LogP contribution in [0.1, 0.15) is 13.8 Å². The number of rotatable bonds is 4. The van der Waals surface area contributed by atoms with Crippen LogP contribution in [0.3, 0.4) is 0 Å². The molecule has 12 heavy (non-hydrogen) atoms. The minimum Gasteiger partial charge on any atom is -0.369 e. The third-order valence-corrected chi connectivity index (χ3v) is 1.84. The van der Waals surface area contributed by atoms with Crippen LogP contribution in [0.25, 0.3) is 0 Å². The van der Waals surface area contributed by atoms with Crippen molar-refractivity contribution in [1.29, 1.82) is 0 Å². The molecule has 0 aromatic rings. The van der Waals surface area contributed by atoms with Crippen LogP contribution in [-0.4, -0.2) is 43.7 Å². The third kappa shape index (κ3) is 2.79. The van der Waals surface area contributed by atoms with Crippen molar-refractivity contribution < 1.29 is 9.53 Å². The van der Waals surface area contributed by atoms with Crippen LogP contribution in [0.2, 0.25) is 0 Å². The fourth-order valence-corrected chi connectivity index (χ4v) is 0.842. The van der Waals surface area contributed by atoms with E-state index in [1.807, 2.05) is 0 Å². The zero-order valence-electron chi connectivity index (χ0n) is 8.26. The Morgan fingerprint density at radius 3 is 2.42 bits per heavy atom. The minimum absolute atomic E-state index is 0.0459. The van der Waals surface area contributed by atoms with E-state index in [9.17, 15) is 4.79 Å². The fourth-order valence-electron chi connectivity index (χ4n) is 0.842. The van der Waals surface area contributed by atoms with E-state index in [-0.39, 0.29) is 5.91 Å². The molecule has 72 valence electrons. The summed E-state index contributed by atoms with van der Waals surface area (Å²) in [5.41, 5.74) is 4.57. The van der Waals surface area contributed by atoms with Gasteiger partial charge in [-0.3, -0.25) is 4.79 Å². The van der Waals surface area contributed by atoms with Crippen molar-refractivity contribution in [1.82, 2.24) is 4.90 Å². The molecule has 1 amide bonds. The number of nitrogens with two attached hydrogens (primary N) is 1. The molecule has 0 radical (unpaired) electrons. The lowest BCUT2D eigenvalue weighted by Gasteiger charge is -2.27. The molecular formula is C8H18N2O2. The zero-order valence-corrected chi connectivity index (χ0v) is 8.26. The lowest BCUT2D eigenvalue weighted by Crippen LogP contribution is -2.46. The quantitative estimate of drug-likeness (QED) is 0.643. The Balaban J connectivity index is 4.18. The second kappa shape index (κ2) is 4.42. The van der Waals surface area contributed by atoms with Gasteiger partial charge >= 0.3 is 0 Å². The molecular weight excluding hydrogens is 156 g/mol. The first kappa shape index (κ1) is 11.4. The molecule has 0 fully saturated rings. The van der Waals surface area contributed by atoms with Gasteiger partial charge in [0, 0.05) is 27.2 Å². The van der Waals surface area contributed by atoms with Gasteiger partial charge < -0.3 is 15.4 Å². The lowest BCUT2D eigenvalue weighted by atomic mass is 10.1. The maximum Gasteiger partial charge on any atom is 0.254 e. The van der Waals surface area contributed by atoms with Gasteiger partial charge in [0.05, 0.1) is 0 Å². The van der Waals surface area contributed by atoms with Crippen LogP contribution in [0.5, 0.6) is 0 Å². The Morgan fingerprint density at radius 1 is 1.58 bits per heavy atom. The monoisotopic (exact) mass is 174 g/mol. The first-order valence-corrected chi connectivity index (χ1v) is 3.96. The number of carbonyl (C=O) groups is 1. The van der Waals surface area contributed by atoms with Crippen LogP contribution in [-0.2, 0) is 9.53 Å². The molecule has 0 unspecified atom stereocenters. The average Bonchev–Trinajstić information content (AvgIpc) is 2.03. The van der Waals surface area contributed by atoms with Gasteiger partial charge in [0.1, 0.15) is 5.60 Å². The molecule has 0 aliphatic heterocycles. The van der Waals surface area contributed by atoms with E-state index in [1.54, 1.807) is 25.8 Å². The second-order valence-electron chi connectivity index (χ2n) is 3.23. The average molecular weight is 174 g/mol. The van der Waals surface area contributed by atoms with Crippen molar-refractivity contribution >= 4 is 5.91 Å². The molecule has 4 heteroatoms. The van der Waals surface area contributed by atoms with E-state index in [0.717, 1.165) is 0 Å². The van der Waals surface area contributed by atoms with Gasteiger partial charge in [0.25, 0.3) is 5.91 Å². The number of hydrogen-bond donors (Lipinski definition) is 1. The Kier molecular flexibility index (Phi) is 4.20. The summed E-state index contributed by atoms with van der Waals surface area (Å²) in [7, 11) is 3.24. The van der Waals surface area contributed by atoms with E-state index in [1.165, 1.54) is 7.11 Å². The highest BCUT2D eigenvalue weighted by atomic mass is 16.5. The first-order valence-electron chi connectivity index (χ1n) is 3.96.